The molecule has 0 aliphatic heterocycles. The third-order valence-corrected chi connectivity index (χ3v) is 6.73. The molecule has 10 nitrogen and oxygen atoms in total. The average molecular weight is 452 g/mol. The van der Waals surface area contributed by atoms with Crippen molar-refractivity contribution in [3.8, 4) is 0 Å². The fraction of sp³-hybridized carbons (Fsp3) is 0.478. The summed E-state index contributed by atoms with van der Waals surface area (Å²) in [7, 11) is 3.47. The Balaban J connectivity index is 1.44. The Labute approximate surface area is 191 Å². The molecule has 0 unspecified atom stereocenters. The van der Waals surface area contributed by atoms with Gasteiger partial charge in [0.2, 0.25) is 0 Å². The van der Waals surface area contributed by atoms with Crippen molar-refractivity contribution in [3.63, 3.8) is 0 Å². The first-order valence-electron chi connectivity index (χ1n) is 11.5. The number of nitrogens with zero attached hydrogens (tertiary/aromatic N) is 4. The van der Waals surface area contributed by atoms with E-state index in [1.165, 1.54) is 6.20 Å². The lowest BCUT2D eigenvalue weighted by Crippen LogP contribution is -2.33. The fourth-order valence-electron chi connectivity index (χ4n) is 4.61. The predicted molar refractivity (Wildman–Crippen MR) is 125 cm³/mol. The van der Waals surface area contributed by atoms with Crippen LogP contribution in [0, 0.1) is 0 Å². The lowest BCUT2D eigenvalue weighted by atomic mass is 9.93. The highest BCUT2D eigenvalue weighted by molar-refractivity contribution is 6.00. The summed E-state index contributed by atoms with van der Waals surface area (Å²) in [5, 5.41) is 13.7. The van der Waals surface area contributed by atoms with Gasteiger partial charge in [-0.25, -0.2) is 4.98 Å². The highest BCUT2D eigenvalue weighted by Crippen LogP contribution is 2.30. The number of methoxy groups -OCH3 is 1. The van der Waals surface area contributed by atoms with E-state index in [9.17, 15) is 9.59 Å². The van der Waals surface area contributed by atoms with Crippen LogP contribution in [0.3, 0.4) is 0 Å². The number of carbonyl (C=O) groups excluding carboxylic acids is 1. The number of pyridine rings is 1. The minimum Gasteiger partial charge on any atom is -0.381 e. The molecule has 2 aliphatic rings. The van der Waals surface area contributed by atoms with Crippen LogP contribution in [0.15, 0.2) is 35.4 Å². The first-order valence-corrected chi connectivity index (χ1v) is 11.5. The van der Waals surface area contributed by atoms with Crippen molar-refractivity contribution in [2.45, 2.75) is 56.7 Å². The van der Waals surface area contributed by atoms with Gasteiger partial charge >= 0.3 is 0 Å². The number of nitrogens with one attached hydrogen (secondary N) is 3. The second-order valence-corrected chi connectivity index (χ2v) is 8.76. The summed E-state index contributed by atoms with van der Waals surface area (Å²) in [5.74, 6) is 0.896. The molecular weight excluding hydrogens is 422 g/mol. The van der Waals surface area contributed by atoms with Gasteiger partial charge < -0.3 is 25.3 Å². The third-order valence-electron chi connectivity index (χ3n) is 6.73. The summed E-state index contributed by atoms with van der Waals surface area (Å²) in [6.45, 7) is 0. The van der Waals surface area contributed by atoms with E-state index >= 15 is 0 Å². The molecule has 174 valence electrons. The molecule has 0 radical (unpaired) electrons. The molecule has 0 saturated heterocycles. The molecule has 3 aromatic rings. The molecule has 10 heteroatoms. The van der Waals surface area contributed by atoms with Crippen LogP contribution >= 0.6 is 0 Å². The van der Waals surface area contributed by atoms with Gasteiger partial charge in [-0.2, -0.15) is 9.61 Å². The Morgan fingerprint density at radius 3 is 2.79 bits per heavy atom. The highest BCUT2D eigenvalue weighted by atomic mass is 16.5. The molecule has 3 aromatic heterocycles. The summed E-state index contributed by atoms with van der Waals surface area (Å²) in [4.78, 5) is 30.6. The van der Waals surface area contributed by atoms with Gasteiger partial charge in [0.05, 0.1) is 12.3 Å². The second-order valence-electron chi connectivity index (χ2n) is 8.76. The van der Waals surface area contributed by atoms with Crippen molar-refractivity contribution in [1.82, 2.24) is 24.5 Å². The first-order chi connectivity index (χ1) is 16.1. The fourth-order valence-corrected chi connectivity index (χ4v) is 4.61. The van der Waals surface area contributed by atoms with E-state index in [2.05, 4.69) is 26.0 Å². The zero-order valence-corrected chi connectivity index (χ0v) is 18.9. The largest absolute Gasteiger partial charge is 0.381 e. The van der Waals surface area contributed by atoms with Gasteiger partial charge in [0.25, 0.3) is 11.5 Å². The summed E-state index contributed by atoms with van der Waals surface area (Å²) < 4.78 is 8.78. The van der Waals surface area contributed by atoms with Gasteiger partial charge in [0, 0.05) is 38.5 Å². The van der Waals surface area contributed by atoms with Gasteiger partial charge in [0.15, 0.2) is 5.65 Å². The smallest absolute Gasteiger partial charge is 0.274 e. The van der Waals surface area contributed by atoms with Crippen molar-refractivity contribution >= 4 is 28.9 Å². The molecule has 2 fully saturated rings. The quantitative estimate of drug-likeness (QED) is 0.506. The average Bonchev–Trinajstić information content (AvgIpc) is 3.41. The molecule has 2 saturated carbocycles. The summed E-state index contributed by atoms with van der Waals surface area (Å²) in [6, 6.07) is 5.71. The molecule has 33 heavy (non-hydrogen) atoms. The number of hydrogen-bond acceptors (Lipinski definition) is 7. The first kappa shape index (κ1) is 21.4. The maximum absolute atomic E-state index is 13.0. The number of anilines is 3. The van der Waals surface area contributed by atoms with Gasteiger partial charge in [-0.15, -0.1) is 0 Å². The van der Waals surface area contributed by atoms with Crippen molar-refractivity contribution < 1.29 is 9.53 Å². The zero-order chi connectivity index (χ0) is 22.9. The van der Waals surface area contributed by atoms with Crippen LogP contribution in [0.4, 0.5) is 17.3 Å². The van der Waals surface area contributed by atoms with E-state index < -0.39 is 0 Å². The van der Waals surface area contributed by atoms with Crippen LogP contribution in [0.1, 0.15) is 54.9 Å². The number of amides is 1. The monoisotopic (exact) mass is 451 g/mol. The molecule has 2 atom stereocenters. The Morgan fingerprint density at radius 2 is 2.09 bits per heavy atom. The molecule has 0 aromatic carbocycles. The third kappa shape index (κ3) is 4.06. The predicted octanol–water partition coefficient (Wildman–Crippen LogP) is 2.70. The van der Waals surface area contributed by atoms with Crippen molar-refractivity contribution in [3.05, 3.63) is 46.5 Å². The minimum absolute atomic E-state index is 0.0665. The molecule has 2 aliphatic carbocycles. The molecule has 1 amide bonds. The van der Waals surface area contributed by atoms with Crippen molar-refractivity contribution in [2.75, 3.05) is 24.8 Å². The van der Waals surface area contributed by atoms with Crippen molar-refractivity contribution in [1.29, 1.82) is 0 Å². The topological polar surface area (TPSA) is 115 Å². The Morgan fingerprint density at radius 1 is 1.24 bits per heavy atom. The highest BCUT2D eigenvalue weighted by Gasteiger charge is 2.27. The lowest BCUT2D eigenvalue weighted by molar-refractivity contribution is 0.0916. The normalized spacial score (nSPS) is 20.5. The maximum atomic E-state index is 13.0. The van der Waals surface area contributed by atoms with Crippen molar-refractivity contribution in [2.24, 2.45) is 0 Å². The van der Waals surface area contributed by atoms with E-state index in [1.807, 2.05) is 12.3 Å². The van der Waals surface area contributed by atoms with Crippen LogP contribution in [0.5, 0.6) is 0 Å². The number of rotatable bonds is 7. The standard InChI is InChI=1S/C23H29N7O3/c1-24-20-12-19(27-18-7-4-10-29(23(18)32)15-5-3-6-15)28-21-17(13-25-30(20)21)22(31)26-14-8-9-16(11-14)33-2/h4,7,10,12-16,24H,3,5-6,8-9,11H2,1-2H3,(H,26,31)(H,27,28)/t14-,16-/m1/s1. The Bertz CT molecular complexity index is 1230. The summed E-state index contributed by atoms with van der Waals surface area (Å²) >= 11 is 0. The number of aromatic nitrogens is 4. The number of carbonyl (C=O) groups is 1. The number of fused-ring (bicyclic) bond motifs is 1. The number of hydrogen-bond donors (Lipinski definition) is 3. The van der Waals surface area contributed by atoms with Gasteiger partial charge in [-0.3, -0.25) is 9.59 Å². The summed E-state index contributed by atoms with van der Waals surface area (Å²) in [5.41, 5.74) is 1.18. The molecule has 3 heterocycles. The molecular formula is C23H29N7O3. The SMILES string of the molecule is CNc1cc(Nc2cccn(C3CCC3)c2=O)nc2c(C(=O)N[C@@H]3CC[C@@H](OC)C3)cnn12. The van der Waals surface area contributed by atoms with Crippen LogP contribution in [-0.4, -0.2) is 51.4 Å². The van der Waals surface area contributed by atoms with Crippen LogP contribution in [0.25, 0.3) is 5.65 Å². The molecule has 5 rings (SSSR count). The van der Waals surface area contributed by atoms with Gasteiger partial charge in [-0.1, -0.05) is 0 Å². The van der Waals surface area contributed by atoms with E-state index in [4.69, 9.17) is 4.74 Å². The summed E-state index contributed by atoms with van der Waals surface area (Å²) in [6.07, 6.45) is 9.35. The van der Waals surface area contributed by atoms with Crippen LogP contribution < -0.4 is 21.5 Å². The van der Waals surface area contributed by atoms with E-state index in [-0.39, 0.29) is 29.7 Å². The molecule has 0 bridgehead atoms. The van der Waals surface area contributed by atoms with Crippen LogP contribution in [-0.2, 0) is 4.74 Å². The van der Waals surface area contributed by atoms with E-state index in [1.54, 1.807) is 35.4 Å². The van der Waals surface area contributed by atoms with Gasteiger partial charge in [-0.05, 0) is 50.7 Å². The van der Waals surface area contributed by atoms with Crippen LogP contribution in [0.2, 0.25) is 0 Å². The Hall–Kier alpha value is -3.40. The minimum atomic E-state index is -0.217. The maximum Gasteiger partial charge on any atom is 0.274 e. The number of ether oxygens (including phenoxy) is 1. The zero-order valence-electron chi connectivity index (χ0n) is 18.9. The second kappa shape index (κ2) is 8.86. The molecule has 0 spiro atoms. The molecule has 3 N–H and O–H groups in total. The van der Waals surface area contributed by atoms with E-state index in [0.717, 1.165) is 38.5 Å². The lowest BCUT2D eigenvalue weighted by Gasteiger charge is -2.27. The van der Waals surface area contributed by atoms with Gasteiger partial charge in [0.1, 0.15) is 22.9 Å². The van der Waals surface area contributed by atoms with E-state index in [0.29, 0.717) is 28.5 Å². The Kier molecular flexibility index (Phi) is 5.76.